The van der Waals surface area contributed by atoms with Gasteiger partial charge in [-0.05, 0) is 17.7 Å². The SMILES string of the molecule is C=C(C(=O)O)c1ccc2[nH]c(=O)[nH]c2c1. The summed E-state index contributed by atoms with van der Waals surface area (Å²) >= 11 is 0. The number of carbonyl (C=O) groups is 1. The molecule has 1 aromatic heterocycles. The molecule has 2 rings (SSSR count). The van der Waals surface area contributed by atoms with Crippen LogP contribution in [-0.2, 0) is 4.79 Å². The van der Waals surface area contributed by atoms with Crippen molar-refractivity contribution in [3.63, 3.8) is 0 Å². The predicted molar refractivity (Wildman–Crippen MR) is 55.6 cm³/mol. The van der Waals surface area contributed by atoms with Crippen LogP contribution in [0.4, 0.5) is 0 Å². The molecule has 5 nitrogen and oxygen atoms in total. The summed E-state index contributed by atoms with van der Waals surface area (Å²) in [7, 11) is 0. The Morgan fingerprint density at radius 3 is 2.60 bits per heavy atom. The molecule has 2 aromatic rings. The standard InChI is InChI=1S/C10H8N2O3/c1-5(9(13)14)6-2-3-7-8(4-6)12-10(15)11-7/h2-4H,1H2,(H,13,14)(H2,11,12,15). The van der Waals surface area contributed by atoms with Crippen LogP contribution >= 0.6 is 0 Å². The number of hydrogen-bond donors (Lipinski definition) is 3. The van der Waals surface area contributed by atoms with Gasteiger partial charge in [-0.3, -0.25) is 0 Å². The zero-order valence-corrected chi connectivity index (χ0v) is 7.70. The monoisotopic (exact) mass is 204 g/mol. The van der Waals surface area contributed by atoms with Crippen LogP contribution in [0.25, 0.3) is 16.6 Å². The average Bonchev–Trinajstić information content (AvgIpc) is 2.55. The Morgan fingerprint density at radius 2 is 1.93 bits per heavy atom. The summed E-state index contributed by atoms with van der Waals surface area (Å²) in [6.45, 7) is 3.44. The van der Waals surface area contributed by atoms with Crippen LogP contribution < -0.4 is 5.69 Å². The molecule has 15 heavy (non-hydrogen) atoms. The molecular weight excluding hydrogens is 196 g/mol. The van der Waals surface area contributed by atoms with Crippen molar-refractivity contribution >= 4 is 22.6 Å². The number of carboxylic acid groups (broad SMARTS) is 1. The second-order valence-corrected chi connectivity index (χ2v) is 3.12. The van der Waals surface area contributed by atoms with Gasteiger partial charge in [-0.15, -0.1) is 0 Å². The van der Waals surface area contributed by atoms with Crippen molar-refractivity contribution in [2.75, 3.05) is 0 Å². The molecule has 0 saturated carbocycles. The van der Waals surface area contributed by atoms with Gasteiger partial charge in [0.05, 0.1) is 16.6 Å². The molecule has 76 valence electrons. The smallest absolute Gasteiger partial charge is 0.335 e. The van der Waals surface area contributed by atoms with Gasteiger partial charge in [0.1, 0.15) is 0 Å². The number of carboxylic acids is 1. The minimum Gasteiger partial charge on any atom is -0.478 e. The Balaban J connectivity index is 2.60. The van der Waals surface area contributed by atoms with Gasteiger partial charge in [-0.1, -0.05) is 12.6 Å². The number of H-pyrrole nitrogens is 2. The highest BCUT2D eigenvalue weighted by Crippen LogP contribution is 2.16. The summed E-state index contributed by atoms with van der Waals surface area (Å²) < 4.78 is 0. The van der Waals surface area contributed by atoms with Crippen LogP contribution in [0.3, 0.4) is 0 Å². The topological polar surface area (TPSA) is 85.9 Å². The van der Waals surface area contributed by atoms with Crippen LogP contribution in [0, 0.1) is 0 Å². The maximum Gasteiger partial charge on any atom is 0.335 e. The minimum absolute atomic E-state index is 0.000973. The third-order valence-corrected chi connectivity index (χ3v) is 2.12. The molecule has 0 spiro atoms. The summed E-state index contributed by atoms with van der Waals surface area (Å²) in [5, 5.41) is 8.73. The van der Waals surface area contributed by atoms with Crippen molar-refractivity contribution in [1.82, 2.24) is 9.97 Å². The lowest BCUT2D eigenvalue weighted by Gasteiger charge is -1.99. The van der Waals surface area contributed by atoms with E-state index in [1.165, 1.54) is 0 Å². The molecule has 0 bridgehead atoms. The number of aromatic nitrogens is 2. The van der Waals surface area contributed by atoms with E-state index >= 15 is 0 Å². The molecule has 0 radical (unpaired) electrons. The van der Waals surface area contributed by atoms with Crippen LogP contribution in [-0.4, -0.2) is 21.0 Å². The van der Waals surface area contributed by atoms with Crippen LogP contribution in [0.5, 0.6) is 0 Å². The second kappa shape index (κ2) is 3.13. The molecule has 0 unspecified atom stereocenters. The Labute approximate surface area is 84.1 Å². The van der Waals surface area contributed by atoms with Crippen molar-refractivity contribution in [3.8, 4) is 0 Å². The Bertz CT molecular complexity index is 606. The van der Waals surface area contributed by atoms with E-state index in [2.05, 4.69) is 16.5 Å². The highest BCUT2D eigenvalue weighted by Gasteiger charge is 2.08. The highest BCUT2D eigenvalue weighted by molar-refractivity contribution is 6.15. The Morgan fingerprint density at radius 1 is 1.27 bits per heavy atom. The minimum atomic E-state index is -1.08. The molecule has 0 atom stereocenters. The Kier molecular flexibility index (Phi) is 1.93. The van der Waals surface area contributed by atoms with E-state index in [4.69, 9.17) is 5.11 Å². The van der Waals surface area contributed by atoms with Gasteiger partial charge in [-0.2, -0.15) is 0 Å². The first-order valence-corrected chi connectivity index (χ1v) is 4.22. The van der Waals surface area contributed by atoms with E-state index in [1.54, 1.807) is 18.2 Å². The number of nitrogens with one attached hydrogen (secondary N) is 2. The molecule has 3 N–H and O–H groups in total. The summed E-state index contributed by atoms with van der Waals surface area (Å²) in [5.74, 6) is -1.08. The quantitative estimate of drug-likeness (QED) is 0.636. The number of aromatic amines is 2. The molecular formula is C10H8N2O3. The van der Waals surface area contributed by atoms with Crippen molar-refractivity contribution in [2.24, 2.45) is 0 Å². The van der Waals surface area contributed by atoms with E-state index in [9.17, 15) is 9.59 Å². The van der Waals surface area contributed by atoms with Gasteiger partial charge in [0.25, 0.3) is 0 Å². The zero-order valence-electron chi connectivity index (χ0n) is 7.70. The number of hydrogen-bond acceptors (Lipinski definition) is 2. The molecule has 1 heterocycles. The number of benzene rings is 1. The Hall–Kier alpha value is -2.30. The van der Waals surface area contributed by atoms with E-state index in [-0.39, 0.29) is 11.3 Å². The summed E-state index contributed by atoms with van der Waals surface area (Å²) in [5.41, 5.74) is 1.37. The lowest BCUT2D eigenvalue weighted by atomic mass is 10.1. The van der Waals surface area contributed by atoms with Gasteiger partial charge in [0, 0.05) is 0 Å². The molecule has 0 saturated heterocycles. The van der Waals surface area contributed by atoms with Gasteiger partial charge in [-0.25, -0.2) is 9.59 Å². The van der Waals surface area contributed by atoms with Crippen molar-refractivity contribution in [2.45, 2.75) is 0 Å². The lowest BCUT2D eigenvalue weighted by Crippen LogP contribution is -1.99. The molecule has 0 aliphatic heterocycles. The third-order valence-electron chi connectivity index (χ3n) is 2.12. The fraction of sp³-hybridized carbons (Fsp3) is 0. The van der Waals surface area contributed by atoms with E-state index in [0.717, 1.165) is 0 Å². The van der Waals surface area contributed by atoms with Gasteiger partial charge >= 0.3 is 11.7 Å². The van der Waals surface area contributed by atoms with Crippen LogP contribution in [0.2, 0.25) is 0 Å². The third kappa shape index (κ3) is 1.54. The maximum atomic E-state index is 11.0. The molecule has 0 aliphatic rings. The van der Waals surface area contributed by atoms with Gasteiger partial charge < -0.3 is 15.1 Å². The summed E-state index contributed by atoms with van der Waals surface area (Å²) in [4.78, 5) is 26.7. The largest absolute Gasteiger partial charge is 0.478 e. The molecule has 5 heteroatoms. The number of fused-ring (bicyclic) bond motifs is 1. The van der Waals surface area contributed by atoms with Gasteiger partial charge in [0.2, 0.25) is 0 Å². The van der Waals surface area contributed by atoms with E-state index in [0.29, 0.717) is 16.6 Å². The van der Waals surface area contributed by atoms with Crippen LogP contribution in [0.15, 0.2) is 29.6 Å². The fourth-order valence-corrected chi connectivity index (χ4v) is 1.34. The fourth-order valence-electron chi connectivity index (χ4n) is 1.34. The zero-order chi connectivity index (χ0) is 11.0. The highest BCUT2D eigenvalue weighted by atomic mass is 16.4. The summed E-state index contributed by atoms with van der Waals surface area (Å²) in [6.07, 6.45) is 0. The molecule has 0 amide bonds. The molecule has 0 fully saturated rings. The van der Waals surface area contributed by atoms with Gasteiger partial charge in [0.15, 0.2) is 0 Å². The second-order valence-electron chi connectivity index (χ2n) is 3.12. The lowest BCUT2D eigenvalue weighted by molar-refractivity contribution is -0.130. The first kappa shape index (κ1) is 9.26. The summed E-state index contributed by atoms with van der Waals surface area (Å²) in [6, 6.07) is 4.81. The first-order chi connectivity index (χ1) is 7.08. The van der Waals surface area contributed by atoms with Crippen molar-refractivity contribution in [1.29, 1.82) is 0 Å². The van der Waals surface area contributed by atoms with E-state index in [1.807, 2.05) is 0 Å². The predicted octanol–water partition coefficient (Wildman–Crippen LogP) is 0.954. The van der Waals surface area contributed by atoms with Crippen LogP contribution in [0.1, 0.15) is 5.56 Å². The average molecular weight is 204 g/mol. The molecule has 1 aromatic carbocycles. The number of aliphatic carboxylic acids is 1. The molecule has 0 aliphatic carbocycles. The normalized spacial score (nSPS) is 10.4. The number of imidazole rings is 1. The van der Waals surface area contributed by atoms with Crippen molar-refractivity contribution in [3.05, 3.63) is 40.8 Å². The maximum absolute atomic E-state index is 11.0. The number of rotatable bonds is 2. The van der Waals surface area contributed by atoms with E-state index < -0.39 is 5.97 Å². The first-order valence-electron chi connectivity index (χ1n) is 4.22. The van der Waals surface area contributed by atoms with Crippen molar-refractivity contribution < 1.29 is 9.90 Å².